The van der Waals surface area contributed by atoms with E-state index in [0.717, 1.165) is 47.6 Å². The molecule has 2 aromatic carbocycles. The molecule has 0 N–H and O–H groups in total. The quantitative estimate of drug-likeness (QED) is 0.520. The van der Waals surface area contributed by atoms with Crippen molar-refractivity contribution in [3.8, 4) is 11.5 Å². The number of amides is 2. The van der Waals surface area contributed by atoms with Gasteiger partial charge in [0.15, 0.2) is 0 Å². The third-order valence-electron chi connectivity index (χ3n) is 6.73. The summed E-state index contributed by atoms with van der Waals surface area (Å²) in [5, 5.41) is 6.28. The van der Waals surface area contributed by atoms with Crippen LogP contribution in [-0.2, 0) is 14.3 Å². The zero-order chi connectivity index (χ0) is 24.8. The molecule has 0 unspecified atom stereocenters. The molecule has 2 aliphatic rings. The Labute approximate surface area is 206 Å². The maximum Gasteiger partial charge on any atom is 0.262 e. The van der Waals surface area contributed by atoms with Gasteiger partial charge in [0.05, 0.1) is 32.6 Å². The molecule has 0 radical (unpaired) electrons. The van der Waals surface area contributed by atoms with Crippen LogP contribution >= 0.6 is 0 Å². The number of hydrazone groups is 1. The first kappa shape index (κ1) is 24.7. The molecule has 1 heterocycles. The van der Waals surface area contributed by atoms with Gasteiger partial charge >= 0.3 is 0 Å². The predicted octanol–water partition coefficient (Wildman–Crippen LogP) is 3.66. The van der Waals surface area contributed by atoms with Gasteiger partial charge in [0.1, 0.15) is 18.0 Å². The molecular weight excluding hydrogens is 446 g/mol. The van der Waals surface area contributed by atoms with Crippen molar-refractivity contribution >= 4 is 17.5 Å². The van der Waals surface area contributed by atoms with E-state index in [9.17, 15) is 9.59 Å². The van der Waals surface area contributed by atoms with Crippen LogP contribution < -0.4 is 9.47 Å². The molecule has 186 valence electrons. The zero-order valence-corrected chi connectivity index (χ0v) is 20.6. The minimum Gasteiger partial charge on any atom is -0.497 e. The van der Waals surface area contributed by atoms with Gasteiger partial charge in [0, 0.05) is 31.6 Å². The fraction of sp³-hybridized carbons (Fsp3) is 0.444. The number of nitrogens with zero attached hydrogens (tertiary/aromatic N) is 3. The topological polar surface area (TPSA) is 80.7 Å². The number of ether oxygens (including phenoxy) is 3. The van der Waals surface area contributed by atoms with Crippen molar-refractivity contribution in [2.45, 2.75) is 31.7 Å². The Balaban J connectivity index is 1.60. The Kier molecular flexibility index (Phi) is 8.02. The van der Waals surface area contributed by atoms with E-state index in [1.165, 1.54) is 5.01 Å². The molecule has 0 spiro atoms. The normalized spacial score (nSPS) is 17.5. The molecule has 1 aliphatic heterocycles. The minimum atomic E-state index is -0.280. The van der Waals surface area contributed by atoms with Gasteiger partial charge in [-0.1, -0.05) is 30.7 Å². The highest BCUT2D eigenvalue weighted by molar-refractivity contribution is 6.03. The highest BCUT2D eigenvalue weighted by atomic mass is 16.5. The van der Waals surface area contributed by atoms with Crippen molar-refractivity contribution in [3.63, 3.8) is 0 Å². The molecule has 8 nitrogen and oxygen atoms in total. The van der Waals surface area contributed by atoms with Crippen molar-refractivity contribution in [1.82, 2.24) is 9.91 Å². The molecule has 0 bridgehead atoms. The van der Waals surface area contributed by atoms with E-state index in [1.807, 2.05) is 48.5 Å². The molecule has 2 amide bonds. The van der Waals surface area contributed by atoms with Gasteiger partial charge in [-0.3, -0.25) is 9.59 Å². The van der Waals surface area contributed by atoms with Crippen LogP contribution in [0.2, 0.25) is 0 Å². The summed E-state index contributed by atoms with van der Waals surface area (Å²) in [5.41, 5.74) is 2.65. The van der Waals surface area contributed by atoms with Gasteiger partial charge in [-0.05, 0) is 42.7 Å². The lowest BCUT2D eigenvalue weighted by Gasteiger charge is -2.32. The van der Waals surface area contributed by atoms with Crippen LogP contribution in [0, 0.1) is 5.92 Å². The van der Waals surface area contributed by atoms with Gasteiger partial charge in [-0.15, -0.1) is 0 Å². The Hall–Kier alpha value is -3.39. The first-order chi connectivity index (χ1) is 17.0. The molecule has 1 atom stereocenters. The van der Waals surface area contributed by atoms with Gasteiger partial charge < -0.3 is 19.1 Å². The molecule has 1 fully saturated rings. The van der Waals surface area contributed by atoms with E-state index in [1.54, 1.807) is 26.2 Å². The van der Waals surface area contributed by atoms with Crippen molar-refractivity contribution in [2.75, 3.05) is 41.0 Å². The van der Waals surface area contributed by atoms with Crippen LogP contribution in [0.3, 0.4) is 0 Å². The second kappa shape index (κ2) is 11.4. The number of rotatable bonds is 10. The first-order valence-electron chi connectivity index (χ1n) is 12.0. The highest BCUT2D eigenvalue weighted by Crippen LogP contribution is 2.35. The lowest BCUT2D eigenvalue weighted by atomic mass is 9.84. The fourth-order valence-electron chi connectivity index (χ4n) is 4.42. The van der Waals surface area contributed by atoms with Gasteiger partial charge in [0.2, 0.25) is 5.91 Å². The monoisotopic (exact) mass is 479 g/mol. The van der Waals surface area contributed by atoms with Crippen molar-refractivity contribution in [1.29, 1.82) is 0 Å². The summed E-state index contributed by atoms with van der Waals surface area (Å²) in [6, 6.07) is 15.1. The molecule has 0 aromatic heterocycles. The van der Waals surface area contributed by atoms with Gasteiger partial charge in [0.25, 0.3) is 5.91 Å². The number of carbonyl (C=O) groups excluding carboxylic acids is 2. The van der Waals surface area contributed by atoms with Gasteiger partial charge in [-0.2, -0.15) is 5.10 Å². The number of hydrogen-bond acceptors (Lipinski definition) is 6. The van der Waals surface area contributed by atoms with Crippen LogP contribution in [0.5, 0.6) is 11.5 Å². The Bertz CT molecular complexity index is 1060. The van der Waals surface area contributed by atoms with E-state index in [0.29, 0.717) is 19.6 Å². The predicted molar refractivity (Wildman–Crippen MR) is 133 cm³/mol. The number of carbonyl (C=O) groups is 2. The van der Waals surface area contributed by atoms with Crippen LogP contribution in [0.1, 0.15) is 42.9 Å². The Morgan fingerprint density at radius 2 is 1.77 bits per heavy atom. The summed E-state index contributed by atoms with van der Waals surface area (Å²) in [7, 11) is 4.84. The summed E-state index contributed by atoms with van der Waals surface area (Å²) >= 11 is 0. The van der Waals surface area contributed by atoms with Gasteiger partial charge in [-0.25, -0.2) is 5.01 Å². The van der Waals surface area contributed by atoms with E-state index >= 15 is 0 Å². The Morgan fingerprint density at radius 3 is 2.40 bits per heavy atom. The third kappa shape index (κ3) is 5.65. The summed E-state index contributed by atoms with van der Waals surface area (Å²) in [6.45, 7) is 0.733. The zero-order valence-electron chi connectivity index (χ0n) is 20.6. The minimum absolute atomic E-state index is 0.00599. The first-order valence-corrected chi connectivity index (χ1v) is 12.0. The summed E-state index contributed by atoms with van der Waals surface area (Å²) < 4.78 is 15.9. The molecular formula is C27H33N3O5. The van der Waals surface area contributed by atoms with Crippen LogP contribution in [0.25, 0.3) is 0 Å². The molecule has 2 aromatic rings. The molecule has 35 heavy (non-hydrogen) atoms. The van der Waals surface area contributed by atoms with E-state index in [-0.39, 0.29) is 30.3 Å². The third-order valence-corrected chi connectivity index (χ3v) is 6.73. The molecule has 4 rings (SSSR count). The summed E-state index contributed by atoms with van der Waals surface area (Å²) in [6.07, 6.45) is 3.38. The van der Waals surface area contributed by atoms with Crippen molar-refractivity contribution < 1.29 is 23.8 Å². The van der Waals surface area contributed by atoms with Crippen molar-refractivity contribution in [3.05, 3.63) is 59.7 Å². The highest BCUT2D eigenvalue weighted by Gasteiger charge is 2.36. The maximum atomic E-state index is 13.6. The number of benzene rings is 2. The van der Waals surface area contributed by atoms with Crippen LogP contribution in [0.4, 0.5) is 0 Å². The molecule has 1 saturated carbocycles. The smallest absolute Gasteiger partial charge is 0.262 e. The molecule has 8 heteroatoms. The van der Waals surface area contributed by atoms with Crippen LogP contribution in [0.15, 0.2) is 53.6 Å². The lowest BCUT2D eigenvalue weighted by Crippen LogP contribution is -2.46. The van der Waals surface area contributed by atoms with E-state index < -0.39 is 0 Å². The summed E-state index contributed by atoms with van der Waals surface area (Å²) in [5.74, 6) is 1.29. The average molecular weight is 480 g/mol. The number of methoxy groups -OCH3 is 3. The van der Waals surface area contributed by atoms with Crippen LogP contribution in [-0.4, -0.2) is 68.5 Å². The largest absolute Gasteiger partial charge is 0.497 e. The lowest BCUT2D eigenvalue weighted by molar-refractivity contribution is -0.146. The fourth-order valence-corrected chi connectivity index (χ4v) is 4.42. The SMILES string of the molecule is COCCN(CC(=O)N1N=C(c2cccc(OC)c2)C[C@H]1c1ccc(OC)cc1)C(=O)C1CCC1. The second-order valence-corrected chi connectivity index (χ2v) is 8.89. The van der Waals surface area contributed by atoms with Crippen molar-refractivity contribution in [2.24, 2.45) is 11.0 Å². The maximum absolute atomic E-state index is 13.6. The molecule has 1 aliphatic carbocycles. The Morgan fingerprint density at radius 1 is 1.03 bits per heavy atom. The molecule has 0 saturated heterocycles. The van der Waals surface area contributed by atoms with E-state index in [4.69, 9.17) is 19.3 Å². The number of hydrogen-bond donors (Lipinski definition) is 0. The standard InChI is InChI=1S/C27H33N3O5/c1-33-15-14-29(27(32)20-6-4-7-20)18-26(31)30-25(19-10-12-22(34-2)13-11-19)17-24(28-30)21-8-5-9-23(16-21)35-3/h5,8-13,16,20,25H,4,6-7,14-15,17-18H2,1-3H3/t25-/m0/s1. The summed E-state index contributed by atoms with van der Waals surface area (Å²) in [4.78, 5) is 28.2. The average Bonchev–Trinajstić information content (AvgIpc) is 3.31. The second-order valence-electron chi connectivity index (χ2n) is 8.89. The van der Waals surface area contributed by atoms with E-state index in [2.05, 4.69) is 0 Å².